The fraction of sp³-hybridized carbons (Fsp3) is 0.923. The summed E-state index contributed by atoms with van der Waals surface area (Å²) >= 11 is 0. The molecule has 2 atom stereocenters. The zero-order chi connectivity index (χ0) is 13.2. The van der Waals surface area contributed by atoms with E-state index in [0.29, 0.717) is 38.7 Å². The van der Waals surface area contributed by atoms with Gasteiger partial charge in [-0.2, -0.15) is 0 Å². The predicted octanol–water partition coefficient (Wildman–Crippen LogP) is 0.378. The zero-order valence-corrected chi connectivity index (χ0v) is 11.4. The van der Waals surface area contributed by atoms with Gasteiger partial charge < -0.3 is 20.1 Å². The lowest BCUT2D eigenvalue weighted by Gasteiger charge is -2.35. The lowest BCUT2D eigenvalue weighted by Crippen LogP contribution is -2.58. The number of nitrogens with two attached hydrogens (primary N) is 1. The quantitative estimate of drug-likeness (QED) is 0.746. The Hall–Kier alpha value is -0.650. The monoisotopic (exact) mass is 256 g/mol. The van der Waals surface area contributed by atoms with Gasteiger partial charge in [0.15, 0.2) is 0 Å². The minimum atomic E-state index is -0.823. The van der Waals surface area contributed by atoms with E-state index >= 15 is 0 Å². The lowest BCUT2D eigenvalue weighted by atomic mass is 9.97. The number of amides is 1. The van der Waals surface area contributed by atoms with Crippen molar-refractivity contribution in [1.82, 2.24) is 4.90 Å². The van der Waals surface area contributed by atoms with Crippen LogP contribution in [0, 0.1) is 5.92 Å². The van der Waals surface area contributed by atoms with Gasteiger partial charge >= 0.3 is 0 Å². The number of rotatable bonds is 6. The van der Waals surface area contributed by atoms with E-state index in [4.69, 9.17) is 15.2 Å². The van der Waals surface area contributed by atoms with Gasteiger partial charge in [0.2, 0.25) is 5.91 Å². The van der Waals surface area contributed by atoms with Crippen LogP contribution in [-0.2, 0) is 14.3 Å². The van der Waals surface area contributed by atoms with Crippen molar-refractivity contribution in [3.8, 4) is 0 Å². The highest BCUT2D eigenvalue weighted by Crippen LogP contribution is 2.36. The van der Waals surface area contributed by atoms with Crippen LogP contribution in [0.1, 0.15) is 26.2 Å². The average Bonchev–Trinajstić information content (AvgIpc) is 3.12. The predicted molar refractivity (Wildman–Crippen MR) is 68.1 cm³/mol. The van der Waals surface area contributed by atoms with Crippen molar-refractivity contribution in [3.63, 3.8) is 0 Å². The molecule has 1 aliphatic heterocycles. The van der Waals surface area contributed by atoms with Crippen LogP contribution in [0.25, 0.3) is 0 Å². The summed E-state index contributed by atoms with van der Waals surface area (Å²) in [7, 11) is 1.65. The van der Waals surface area contributed by atoms with Crippen LogP contribution >= 0.6 is 0 Å². The van der Waals surface area contributed by atoms with E-state index in [1.807, 2.05) is 4.90 Å². The Morgan fingerprint density at radius 3 is 2.83 bits per heavy atom. The number of carbonyl (C=O) groups is 1. The lowest BCUT2D eigenvalue weighted by molar-refractivity contribution is -0.140. The first-order valence-electron chi connectivity index (χ1n) is 6.75. The van der Waals surface area contributed by atoms with E-state index < -0.39 is 5.54 Å². The molecular formula is C13H24N2O3. The second-order valence-corrected chi connectivity index (χ2v) is 5.53. The molecule has 1 heterocycles. The van der Waals surface area contributed by atoms with Crippen molar-refractivity contribution < 1.29 is 14.3 Å². The molecule has 104 valence electrons. The molecule has 18 heavy (non-hydrogen) atoms. The average molecular weight is 256 g/mol. The van der Waals surface area contributed by atoms with Crippen molar-refractivity contribution >= 4 is 5.91 Å². The van der Waals surface area contributed by atoms with Gasteiger partial charge in [-0.3, -0.25) is 4.79 Å². The second kappa shape index (κ2) is 5.55. The van der Waals surface area contributed by atoms with Crippen LogP contribution in [0.5, 0.6) is 0 Å². The van der Waals surface area contributed by atoms with Crippen molar-refractivity contribution in [2.45, 2.75) is 37.8 Å². The molecule has 2 unspecified atom stereocenters. The molecule has 1 saturated heterocycles. The molecule has 5 heteroatoms. The molecule has 5 nitrogen and oxygen atoms in total. The number of methoxy groups -OCH3 is 1. The van der Waals surface area contributed by atoms with E-state index in [2.05, 4.69) is 6.92 Å². The van der Waals surface area contributed by atoms with Crippen molar-refractivity contribution in [2.75, 3.05) is 33.5 Å². The van der Waals surface area contributed by atoms with Crippen LogP contribution in [-0.4, -0.2) is 55.9 Å². The minimum Gasteiger partial charge on any atom is -0.383 e. The molecule has 1 saturated carbocycles. The van der Waals surface area contributed by atoms with E-state index in [0.717, 1.165) is 0 Å². The highest BCUT2D eigenvalue weighted by molar-refractivity contribution is 5.87. The second-order valence-electron chi connectivity index (χ2n) is 5.53. The molecule has 1 amide bonds. The third kappa shape index (κ3) is 2.84. The number of carbonyl (C=O) groups excluding carboxylic acids is 1. The van der Waals surface area contributed by atoms with Crippen LogP contribution in [0.15, 0.2) is 0 Å². The van der Waals surface area contributed by atoms with Crippen molar-refractivity contribution in [3.05, 3.63) is 0 Å². The van der Waals surface area contributed by atoms with Gasteiger partial charge in [0.1, 0.15) is 5.54 Å². The standard InChI is InChI=1S/C13H24N2O3/c1-10(11-3-4-11)15(6-8-17-2)12(16)13(14)5-7-18-9-13/h10-11H,3-9,14H2,1-2H3. The first kappa shape index (κ1) is 13.8. The summed E-state index contributed by atoms with van der Waals surface area (Å²) in [6.07, 6.45) is 3.05. The van der Waals surface area contributed by atoms with Crippen LogP contribution in [0.4, 0.5) is 0 Å². The molecule has 0 aromatic rings. The largest absolute Gasteiger partial charge is 0.383 e. The Balaban J connectivity index is 2.04. The number of ether oxygens (including phenoxy) is 2. The first-order chi connectivity index (χ1) is 8.58. The summed E-state index contributed by atoms with van der Waals surface area (Å²) in [4.78, 5) is 14.5. The zero-order valence-electron chi connectivity index (χ0n) is 11.4. The maximum absolute atomic E-state index is 12.6. The third-order valence-corrected chi connectivity index (χ3v) is 4.07. The molecule has 0 spiro atoms. The smallest absolute Gasteiger partial charge is 0.245 e. The highest BCUT2D eigenvalue weighted by Gasteiger charge is 2.44. The summed E-state index contributed by atoms with van der Waals surface area (Å²) in [5, 5.41) is 0. The van der Waals surface area contributed by atoms with E-state index in [1.165, 1.54) is 12.8 Å². The summed E-state index contributed by atoms with van der Waals surface area (Å²) in [5.74, 6) is 0.660. The fourth-order valence-corrected chi connectivity index (χ4v) is 2.55. The normalized spacial score (nSPS) is 29.3. The topological polar surface area (TPSA) is 64.8 Å². The summed E-state index contributed by atoms with van der Waals surface area (Å²) in [6.45, 7) is 4.21. The maximum atomic E-state index is 12.6. The van der Waals surface area contributed by atoms with Crippen molar-refractivity contribution in [2.24, 2.45) is 11.7 Å². The maximum Gasteiger partial charge on any atom is 0.245 e. The SMILES string of the molecule is COCCN(C(=O)C1(N)CCOC1)C(C)C1CC1. The molecule has 2 rings (SSSR count). The van der Waals surface area contributed by atoms with Crippen LogP contribution in [0.3, 0.4) is 0 Å². The van der Waals surface area contributed by atoms with Gasteiger partial charge in [-0.15, -0.1) is 0 Å². The molecule has 2 fully saturated rings. The molecule has 0 bridgehead atoms. The molecule has 1 aliphatic carbocycles. The van der Waals surface area contributed by atoms with E-state index in [1.54, 1.807) is 7.11 Å². The molecule has 2 N–H and O–H groups in total. The Kier molecular flexibility index (Phi) is 4.25. The Morgan fingerprint density at radius 1 is 1.61 bits per heavy atom. The number of nitrogens with zero attached hydrogens (tertiary/aromatic N) is 1. The van der Waals surface area contributed by atoms with Crippen LogP contribution in [0.2, 0.25) is 0 Å². The molecule has 0 aromatic carbocycles. The number of hydrogen-bond donors (Lipinski definition) is 1. The minimum absolute atomic E-state index is 0.0245. The van der Waals surface area contributed by atoms with E-state index in [-0.39, 0.29) is 11.9 Å². The molecular weight excluding hydrogens is 232 g/mol. The number of hydrogen-bond acceptors (Lipinski definition) is 4. The van der Waals surface area contributed by atoms with E-state index in [9.17, 15) is 4.79 Å². The Labute approximate surface area is 109 Å². The summed E-state index contributed by atoms with van der Waals surface area (Å²) < 4.78 is 10.4. The van der Waals surface area contributed by atoms with Crippen molar-refractivity contribution in [1.29, 1.82) is 0 Å². The Bertz CT molecular complexity index is 299. The first-order valence-corrected chi connectivity index (χ1v) is 6.75. The summed E-state index contributed by atoms with van der Waals surface area (Å²) in [6, 6.07) is 0.258. The molecule has 0 aromatic heterocycles. The highest BCUT2D eigenvalue weighted by atomic mass is 16.5. The van der Waals surface area contributed by atoms with Crippen LogP contribution < -0.4 is 5.73 Å². The summed E-state index contributed by atoms with van der Waals surface area (Å²) in [5.41, 5.74) is 5.35. The Morgan fingerprint density at radius 2 is 2.33 bits per heavy atom. The van der Waals surface area contributed by atoms with Gasteiger partial charge in [0.25, 0.3) is 0 Å². The third-order valence-electron chi connectivity index (χ3n) is 4.07. The van der Waals surface area contributed by atoms with Gasteiger partial charge in [0.05, 0.1) is 13.2 Å². The van der Waals surface area contributed by atoms with Gasteiger partial charge in [-0.25, -0.2) is 0 Å². The van der Waals surface area contributed by atoms with Gasteiger partial charge in [0, 0.05) is 26.3 Å². The van der Waals surface area contributed by atoms with Gasteiger partial charge in [-0.05, 0) is 32.1 Å². The van der Waals surface area contributed by atoms with Gasteiger partial charge in [-0.1, -0.05) is 0 Å². The fourth-order valence-electron chi connectivity index (χ4n) is 2.55. The molecule has 2 aliphatic rings. The molecule has 0 radical (unpaired) electrons.